The summed E-state index contributed by atoms with van der Waals surface area (Å²) < 4.78 is 5.80. The molecule has 1 heterocycles. The number of Topliss-reactive ketones (excluding diaryl/α,β-unsaturated/α-hetero) is 1. The zero-order valence-corrected chi connectivity index (χ0v) is 17.5. The molecule has 33 heavy (non-hydrogen) atoms. The molecule has 0 saturated carbocycles. The Labute approximate surface area is 191 Å². The van der Waals surface area contributed by atoms with Crippen molar-refractivity contribution in [2.75, 3.05) is 0 Å². The smallest absolute Gasteiger partial charge is 0.212 e. The lowest BCUT2D eigenvalue weighted by Gasteiger charge is -2.35. The second-order valence-corrected chi connectivity index (χ2v) is 7.76. The SMILES string of the molecule is N#CC1(C#N)C(c2ccccc2)OC(=N)C1(C#N)C(C(=O)c1ccccc1)c1ccccc1. The first-order chi connectivity index (χ1) is 16.1. The maximum Gasteiger partial charge on any atom is 0.212 e. The van der Waals surface area contributed by atoms with Crippen LogP contribution in [0.5, 0.6) is 0 Å². The van der Waals surface area contributed by atoms with E-state index in [1.165, 1.54) is 0 Å². The van der Waals surface area contributed by atoms with Gasteiger partial charge in [-0.25, -0.2) is 0 Å². The van der Waals surface area contributed by atoms with E-state index in [1.807, 2.05) is 12.1 Å². The summed E-state index contributed by atoms with van der Waals surface area (Å²) in [5.74, 6) is -2.35. The van der Waals surface area contributed by atoms with Gasteiger partial charge in [-0.2, -0.15) is 15.8 Å². The van der Waals surface area contributed by atoms with Crippen molar-refractivity contribution >= 4 is 11.7 Å². The average Bonchev–Trinajstić information content (AvgIpc) is 3.14. The van der Waals surface area contributed by atoms with Crippen molar-refractivity contribution in [2.45, 2.75) is 12.0 Å². The van der Waals surface area contributed by atoms with Gasteiger partial charge in [0.05, 0.1) is 24.1 Å². The Kier molecular flexibility index (Phi) is 5.49. The molecule has 3 aromatic carbocycles. The molecule has 3 atom stereocenters. The van der Waals surface area contributed by atoms with Gasteiger partial charge in [0, 0.05) is 5.56 Å². The fourth-order valence-corrected chi connectivity index (χ4v) is 4.52. The molecule has 4 rings (SSSR count). The summed E-state index contributed by atoms with van der Waals surface area (Å²) in [6.45, 7) is 0. The number of ketones is 1. The molecule has 0 aromatic heterocycles. The van der Waals surface area contributed by atoms with Crippen molar-refractivity contribution in [1.29, 1.82) is 21.2 Å². The second-order valence-electron chi connectivity index (χ2n) is 7.76. The monoisotopic (exact) mass is 430 g/mol. The van der Waals surface area contributed by atoms with Gasteiger partial charge in [-0.15, -0.1) is 0 Å². The largest absolute Gasteiger partial charge is 0.469 e. The van der Waals surface area contributed by atoms with Gasteiger partial charge in [-0.3, -0.25) is 10.2 Å². The van der Waals surface area contributed by atoms with Crippen LogP contribution < -0.4 is 0 Å². The molecule has 0 amide bonds. The van der Waals surface area contributed by atoms with Crippen LogP contribution in [-0.2, 0) is 4.74 Å². The molecular formula is C27H18N4O2. The topological polar surface area (TPSA) is 122 Å². The highest BCUT2D eigenvalue weighted by Crippen LogP contribution is 2.62. The van der Waals surface area contributed by atoms with Crippen molar-refractivity contribution in [3.8, 4) is 18.2 Å². The maximum absolute atomic E-state index is 13.9. The van der Waals surface area contributed by atoms with Crippen LogP contribution in [0.1, 0.15) is 33.5 Å². The maximum atomic E-state index is 13.9. The number of hydrogen-bond acceptors (Lipinski definition) is 6. The molecule has 0 bridgehead atoms. The summed E-state index contributed by atoms with van der Waals surface area (Å²) in [6.07, 6.45) is -1.21. The standard InChI is InChI=1S/C27H18N4O2/c28-16-26(17-29)24(21-14-8-3-9-15-21)33-25(31)27(26,18-30)22(19-10-4-1-5-11-19)23(32)20-12-6-2-7-13-20/h1-15,22,24,31H. The van der Waals surface area contributed by atoms with Gasteiger partial charge in [-0.1, -0.05) is 91.0 Å². The predicted molar refractivity (Wildman–Crippen MR) is 120 cm³/mol. The zero-order valence-electron chi connectivity index (χ0n) is 17.5. The minimum Gasteiger partial charge on any atom is -0.469 e. The average molecular weight is 430 g/mol. The minimum absolute atomic E-state index is 0.307. The summed E-state index contributed by atoms with van der Waals surface area (Å²) >= 11 is 0. The van der Waals surface area contributed by atoms with Crippen LogP contribution in [0.25, 0.3) is 0 Å². The molecule has 1 saturated heterocycles. The van der Waals surface area contributed by atoms with Crippen molar-refractivity contribution in [2.24, 2.45) is 10.8 Å². The second kappa shape index (κ2) is 8.42. The third-order valence-electron chi connectivity index (χ3n) is 6.13. The molecule has 0 radical (unpaired) electrons. The molecule has 0 spiro atoms. The number of nitrogens with one attached hydrogen (secondary N) is 1. The Morgan fingerprint density at radius 3 is 1.85 bits per heavy atom. The molecule has 3 aromatic rings. The van der Waals surface area contributed by atoms with E-state index in [2.05, 4.69) is 6.07 Å². The van der Waals surface area contributed by atoms with Gasteiger partial charge >= 0.3 is 0 Å². The van der Waals surface area contributed by atoms with Crippen LogP contribution >= 0.6 is 0 Å². The zero-order chi connectivity index (χ0) is 23.5. The van der Waals surface area contributed by atoms with Crippen LogP contribution in [0.15, 0.2) is 91.0 Å². The number of nitriles is 3. The number of ether oxygens (including phenoxy) is 1. The molecule has 0 aliphatic carbocycles. The fourth-order valence-electron chi connectivity index (χ4n) is 4.52. The van der Waals surface area contributed by atoms with Gasteiger partial charge < -0.3 is 4.74 Å². The minimum atomic E-state index is -2.18. The van der Waals surface area contributed by atoms with Crippen LogP contribution in [0, 0.1) is 50.2 Å². The summed E-state index contributed by atoms with van der Waals surface area (Å²) in [5, 5.41) is 40.0. The fraction of sp³-hybridized carbons (Fsp3) is 0.148. The Hall–Kier alpha value is -4.73. The summed E-state index contributed by atoms with van der Waals surface area (Å²) in [5.41, 5.74) is -3.12. The van der Waals surface area contributed by atoms with E-state index in [0.29, 0.717) is 16.7 Å². The highest BCUT2D eigenvalue weighted by atomic mass is 16.5. The Balaban J connectivity index is 2.03. The van der Waals surface area contributed by atoms with Crippen molar-refractivity contribution < 1.29 is 9.53 Å². The van der Waals surface area contributed by atoms with E-state index in [0.717, 1.165) is 0 Å². The molecule has 6 heteroatoms. The van der Waals surface area contributed by atoms with E-state index < -0.39 is 34.5 Å². The van der Waals surface area contributed by atoms with E-state index in [9.17, 15) is 20.6 Å². The third kappa shape index (κ3) is 3.07. The summed E-state index contributed by atoms with van der Waals surface area (Å²) in [4.78, 5) is 13.9. The van der Waals surface area contributed by atoms with E-state index in [-0.39, 0.29) is 0 Å². The number of carbonyl (C=O) groups excluding carboxylic acids is 1. The Bertz CT molecular complexity index is 1300. The molecule has 6 nitrogen and oxygen atoms in total. The van der Waals surface area contributed by atoms with Crippen LogP contribution in [0.3, 0.4) is 0 Å². The number of nitrogens with zero attached hydrogens (tertiary/aromatic N) is 3. The van der Waals surface area contributed by atoms with Gasteiger partial charge in [0.2, 0.25) is 11.3 Å². The summed E-state index contributed by atoms with van der Waals surface area (Å²) in [6, 6.07) is 31.5. The van der Waals surface area contributed by atoms with Gasteiger partial charge in [0.25, 0.3) is 0 Å². The van der Waals surface area contributed by atoms with Gasteiger partial charge in [0.15, 0.2) is 17.3 Å². The van der Waals surface area contributed by atoms with E-state index in [4.69, 9.17) is 10.1 Å². The molecule has 1 N–H and O–H groups in total. The molecule has 3 unspecified atom stereocenters. The highest BCUT2D eigenvalue weighted by Gasteiger charge is 2.73. The Morgan fingerprint density at radius 2 is 1.33 bits per heavy atom. The van der Waals surface area contributed by atoms with Crippen molar-refractivity contribution in [1.82, 2.24) is 0 Å². The highest BCUT2D eigenvalue weighted by molar-refractivity contribution is 6.07. The van der Waals surface area contributed by atoms with Crippen molar-refractivity contribution in [3.63, 3.8) is 0 Å². The first-order valence-electron chi connectivity index (χ1n) is 10.2. The quantitative estimate of drug-likeness (QED) is 0.574. The number of hydrogen-bond donors (Lipinski definition) is 1. The van der Waals surface area contributed by atoms with E-state index >= 15 is 0 Å². The molecule has 1 aliphatic rings. The number of rotatable bonds is 5. The molecular weight excluding hydrogens is 412 g/mol. The summed E-state index contributed by atoms with van der Waals surface area (Å²) in [7, 11) is 0. The van der Waals surface area contributed by atoms with Crippen LogP contribution in [0.2, 0.25) is 0 Å². The lowest BCUT2D eigenvalue weighted by molar-refractivity contribution is 0.0873. The van der Waals surface area contributed by atoms with Crippen LogP contribution in [-0.4, -0.2) is 11.7 Å². The number of benzene rings is 3. The van der Waals surface area contributed by atoms with Crippen molar-refractivity contribution in [3.05, 3.63) is 108 Å². The molecule has 1 fully saturated rings. The molecule has 1 aliphatic heterocycles. The lowest BCUT2D eigenvalue weighted by Crippen LogP contribution is -2.48. The Morgan fingerprint density at radius 1 is 0.818 bits per heavy atom. The normalized spacial score (nSPS) is 21.6. The van der Waals surface area contributed by atoms with E-state index in [1.54, 1.807) is 91.0 Å². The van der Waals surface area contributed by atoms with Crippen LogP contribution in [0.4, 0.5) is 0 Å². The third-order valence-corrected chi connectivity index (χ3v) is 6.13. The first-order valence-corrected chi connectivity index (χ1v) is 10.2. The van der Waals surface area contributed by atoms with Gasteiger partial charge in [-0.05, 0) is 11.1 Å². The number of carbonyl (C=O) groups is 1. The predicted octanol–water partition coefficient (Wildman–Crippen LogP) is 4.95. The van der Waals surface area contributed by atoms with Gasteiger partial charge in [0.1, 0.15) is 0 Å². The molecule has 158 valence electrons. The lowest BCUT2D eigenvalue weighted by atomic mass is 9.55. The first kappa shape index (κ1) is 21.5.